The fraction of sp³-hybridized carbons (Fsp3) is 0.294. The van der Waals surface area contributed by atoms with E-state index >= 15 is 0 Å². The van der Waals surface area contributed by atoms with Crippen molar-refractivity contribution in [3.8, 4) is 0 Å². The third-order valence-corrected chi connectivity index (χ3v) is 5.90. The molecule has 0 aliphatic carbocycles. The fourth-order valence-electron chi connectivity index (χ4n) is 2.27. The number of hydrogen-bond acceptors (Lipinski definition) is 3. The lowest BCUT2D eigenvalue weighted by atomic mass is 10.2. The smallest absolute Gasteiger partial charge is 0.241 e. The van der Waals surface area contributed by atoms with E-state index in [4.69, 9.17) is 0 Å². The standard InChI is InChI=1S/C17H21BrN2O2S/c1-20(14-15-8-3-2-4-9-15)13-7-12-19-23(21,22)17-11-6-5-10-16(17)18/h2-6,8-11,19H,7,12-14H2,1H3. The van der Waals surface area contributed by atoms with Gasteiger partial charge in [-0.2, -0.15) is 0 Å². The summed E-state index contributed by atoms with van der Waals surface area (Å²) in [6, 6.07) is 17.0. The van der Waals surface area contributed by atoms with E-state index in [9.17, 15) is 8.42 Å². The van der Waals surface area contributed by atoms with Gasteiger partial charge in [-0.15, -0.1) is 0 Å². The molecule has 4 nitrogen and oxygen atoms in total. The summed E-state index contributed by atoms with van der Waals surface area (Å²) in [5, 5.41) is 0. The lowest BCUT2D eigenvalue weighted by Crippen LogP contribution is -2.28. The van der Waals surface area contributed by atoms with E-state index < -0.39 is 10.0 Å². The molecule has 0 atom stereocenters. The lowest BCUT2D eigenvalue weighted by molar-refractivity contribution is 0.322. The zero-order valence-electron chi connectivity index (χ0n) is 13.1. The van der Waals surface area contributed by atoms with E-state index in [-0.39, 0.29) is 4.90 Å². The molecule has 1 N–H and O–H groups in total. The Hall–Kier alpha value is -1.21. The van der Waals surface area contributed by atoms with Crippen LogP contribution in [0.2, 0.25) is 0 Å². The molecule has 0 saturated heterocycles. The van der Waals surface area contributed by atoms with Gasteiger partial charge in [0.2, 0.25) is 10.0 Å². The van der Waals surface area contributed by atoms with Crippen LogP contribution < -0.4 is 4.72 Å². The van der Waals surface area contributed by atoms with E-state index in [1.54, 1.807) is 24.3 Å². The average molecular weight is 397 g/mol. The van der Waals surface area contributed by atoms with Gasteiger partial charge in [-0.25, -0.2) is 13.1 Å². The molecule has 2 rings (SSSR count). The molecule has 0 radical (unpaired) electrons. The summed E-state index contributed by atoms with van der Waals surface area (Å²) in [6.07, 6.45) is 0.757. The number of benzene rings is 2. The molecule has 6 heteroatoms. The highest BCUT2D eigenvalue weighted by molar-refractivity contribution is 9.10. The molecule has 2 aromatic carbocycles. The molecule has 0 bridgehead atoms. The molecule has 0 spiro atoms. The van der Waals surface area contributed by atoms with Crippen molar-refractivity contribution in [1.82, 2.24) is 9.62 Å². The molecule has 0 aliphatic heterocycles. The van der Waals surface area contributed by atoms with Gasteiger partial charge in [-0.1, -0.05) is 42.5 Å². The van der Waals surface area contributed by atoms with Crippen molar-refractivity contribution in [2.24, 2.45) is 0 Å². The van der Waals surface area contributed by atoms with Crippen LogP contribution in [0.3, 0.4) is 0 Å². The number of nitrogens with one attached hydrogen (secondary N) is 1. The van der Waals surface area contributed by atoms with Gasteiger partial charge in [0.1, 0.15) is 0 Å². The number of halogens is 1. The van der Waals surface area contributed by atoms with E-state index in [1.165, 1.54) is 5.56 Å². The van der Waals surface area contributed by atoms with Crippen LogP contribution in [0, 0.1) is 0 Å². The first-order valence-electron chi connectivity index (χ1n) is 7.46. The molecule has 2 aromatic rings. The maximum Gasteiger partial charge on any atom is 0.241 e. The van der Waals surface area contributed by atoms with E-state index in [2.05, 4.69) is 37.7 Å². The van der Waals surface area contributed by atoms with Crippen molar-refractivity contribution in [3.63, 3.8) is 0 Å². The van der Waals surface area contributed by atoms with Crippen LogP contribution in [0.1, 0.15) is 12.0 Å². The molecule has 0 heterocycles. The summed E-state index contributed by atoms with van der Waals surface area (Å²) in [6.45, 7) is 2.11. The lowest BCUT2D eigenvalue weighted by Gasteiger charge is -2.17. The van der Waals surface area contributed by atoms with Crippen LogP contribution in [0.4, 0.5) is 0 Å². The molecule has 0 amide bonds. The molecule has 23 heavy (non-hydrogen) atoms. The average Bonchev–Trinajstić information content (AvgIpc) is 2.53. The Morgan fingerprint density at radius 3 is 2.39 bits per heavy atom. The van der Waals surface area contributed by atoms with Crippen molar-refractivity contribution in [2.75, 3.05) is 20.1 Å². The summed E-state index contributed by atoms with van der Waals surface area (Å²) in [5.74, 6) is 0. The van der Waals surface area contributed by atoms with Crippen molar-refractivity contribution in [1.29, 1.82) is 0 Å². The number of rotatable bonds is 8. The number of nitrogens with zero attached hydrogens (tertiary/aromatic N) is 1. The highest BCUT2D eigenvalue weighted by Gasteiger charge is 2.16. The molecular weight excluding hydrogens is 376 g/mol. The van der Waals surface area contributed by atoms with Gasteiger partial charge in [0.15, 0.2) is 0 Å². The Balaban J connectivity index is 1.78. The minimum atomic E-state index is -3.46. The van der Waals surface area contributed by atoms with E-state index in [0.29, 0.717) is 11.0 Å². The second kappa shape index (κ2) is 8.59. The summed E-state index contributed by atoms with van der Waals surface area (Å²) >= 11 is 3.27. The zero-order valence-corrected chi connectivity index (χ0v) is 15.5. The first-order valence-corrected chi connectivity index (χ1v) is 9.73. The van der Waals surface area contributed by atoms with Crippen LogP contribution in [0.25, 0.3) is 0 Å². The van der Waals surface area contributed by atoms with Crippen molar-refractivity contribution in [2.45, 2.75) is 17.9 Å². The predicted molar refractivity (Wildman–Crippen MR) is 96.7 cm³/mol. The van der Waals surface area contributed by atoms with Crippen LogP contribution in [0.15, 0.2) is 64.0 Å². The highest BCUT2D eigenvalue weighted by atomic mass is 79.9. The highest BCUT2D eigenvalue weighted by Crippen LogP contribution is 2.20. The number of sulfonamides is 1. The monoisotopic (exact) mass is 396 g/mol. The summed E-state index contributed by atoms with van der Waals surface area (Å²) in [5.41, 5.74) is 1.25. The van der Waals surface area contributed by atoms with E-state index in [1.807, 2.05) is 25.2 Å². The SMILES string of the molecule is CN(CCCNS(=O)(=O)c1ccccc1Br)Cc1ccccc1. The summed E-state index contributed by atoms with van der Waals surface area (Å²) < 4.78 is 27.7. The van der Waals surface area contributed by atoms with Gasteiger partial charge in [-0.05, 0) is 53.6 Å². The fourth-order valence-corrected chi connectivity index (χ4v) is 4.35. The first-order chi connectivity index (χ1) is 11.0. The normalized spacial score (nSPS) is 11.8. The molecule has 0 saturated carbocycles. The Kier molecular flexibility index (Phi) is 6.77. The minimum absolute atomic E-state index is 0.276. The van der Waals surface area contributed by atoms with Gasteiger partial charge in [0.25, 0.3) is 0 Å². The second-order valence-electron chi connectivity index (χ2n) is 5.41. The third kappa shape index (κ3) is 5.73. The summed E-state index contributed by atoms with van der Waals surface area (Å²) in [4.78, 5) is 2.46. The Morgan fingerprint density at radius 2 is 1.70 bits per heavy atom. The largest absolute Gasteiger partial charge is 0.302 e. The van der Waals surface area contributed by atoms with Gasteiger partial charge in [-0.3, -0.25) is 0 Å². The van der Waals surface area contributed by atoms with Crippen LogP contribution in [-0.2, 0) is 16.6 Å². The minimum Gasteiger partial charge on any atom is -0.302 e. The molecule has 0 aromatic heterocycles. The third-order valence-electron chi connectivity index (χ3n) is 3.43. The first kappa shape index (κ1) is 18.1. The Bertz CT molecular complexity index is 720. The van der Waals surface area contributed by atoms with Crippen molar-refractivity contribution >= 4 is 26.0 Å². The van der Waals surface area contributed by atoms with Crippen LogP contribution in [-0.4, -0.2) is 33.5 Å². The van der Waals surface area contributed by atoms with Crippen LogP contribution >= 0.6 is 15.9 Å². The predicted octanol–water partition coefficient (Wildman–Crippen LogP) is 3.25. The van der Waals surface area contributed by atoms with Crippen molar-refractivity contribution < 1.29 is 8.42 Å². The maximum atomic E-state index is 12.2. The van der Waals surface area contributed by atoms with Gasteiger partial charge in [0, 0.05) is 17.6 Å². The van der Waals surface area contributed by atoms with Gasteiger partial charge in [0.05, 0.1) is 4.90 Å². The zero-order chi connectivity index (χ0) is 16.7. The second-order valence-corrected chi connectivity index (χ2v) is 7.99. The maximum absolute atomic E-state index is 12.2. The molecular formula is C17H21BrN2O2S. The Morgan fingerprint density at radius 1 is 1.04 bits per heavy atom. The molecule has 0 fully saturated rings. The molecule has 0 aliphatic rings. The summed E-state index contributed by atoms with van der Waals surface area (Å²) in [7, 11) is -1.43. The van der Waals surface area contributed by atoms with Crippen LogP contribution in [0.5, 0.6) is 0 Å². The van der Waals surface area contributed by atoms with E-state index in [0.717, 1.165) is 19.5 Å². The topological polar surface area (TPSA) is 49.4 Å². The van der Waals surface area contributed by atoms with Gasteiger partial charge >= 0.3 is 0 Å². The van der Waals surface area contributed by atoms with Crippen molar-refractivity contribution in [3.05, 3.63) is 64.6 Å². The quantitative estimate of drug-likeness (QED) is 0.696. The number of hydrogen-bond donors (Lipinski definition) is 1. The molecule has 124 valence electrons. The molecule has 0 unspecified atom stereocenters. The Labute approximate surface area is 146 Å². The van der Waals surface area contributed by atoms with Gasteiger partial charge < -0.3 is 4.90 Å².